The monoisotopic (exact) mass is 236 g/mol. The van der Waals surface area contributed by atoms with Gasteiger partial charge in [-0.25, -0.2) is 9.97 Å². The standard InChI is InChI=1S/C12H20N4O/c1-4-12(5-2,6-3)16-11(17)9-7-15-10(13)8-14-9/h7-8H,4-6H2,1-3H3,(H2,13,15)(H,16,17). The van der Waals surface area contributed by atoms with Gasteiger partial charge in [-0.05, 0) is 19.3 Å². The molecule has 0 spiro atoms. The molecule has 3 N–H and O–H groups in total. The highest BCUT2D eigenvalue weighted by molar-refractivity contribution is 5.92. The predicted molar refractivity (Wildman–Crippen MR) is 67.5 cm³/mol. The Morgan fingerprint density at radius 3 is 2.24 bits per heavy atom. The van der Waals surface area contributed by atoms with Crippen molar-refractivity contribution in [3.8, 4) is 0 Å². The first-order chi connectivity index (χ1) is 8.06. The van der Waals surface area contributed by atoms with Gasteiger partial charge in [-0.2, -0.15) is 0 Å². The minimum Gasteiger partial charge on any atom is -0.382 e. The van der Waals surface area contributed by atoms with Crippen LogP contribution in [0.2, 0.25) is 0 Å². The van der Waals surface area contributed by atoms with E-state index in [0.717, 1.165) is 19.3 Å². The number of hydrogen-bond acceptors (Lipinski definition) is 4. The Hall–Kier alpha value is -1.65. The molecule has 94 valence electrons. The maximum atomic E-state index is 12.0. The zero-order valence-corrected chi connectivity index (χ0v) is 10.7. The van der Waals surface area contributed by atoms with Crippen LogP contribution in [0.4, 0.5) is 5.82 Å². The van der Waals surface area contributed by atoms with Gasteiger partial charge < -0.3 is 11.1 Å². The second kappa shape index (κ2) is 5.61. The van der Waals surface area contributed by atoms with Crippen LogP contribution in [-0.4, -0.2) is 21.4 Å². The van der Waals surface area contributed by atoms with Gasteiger partial charge in [0.15, 0.2) is 0 Å². The van der Waals surface area contributed by atoms with Crippen molar-refractivity contribution < 1.29 is 4.79 Å². The summed E-state index contributed by atoms with van der Waals surface area (Å²) in [5, 5.41) is 3.03. The SMILES string of the molecule is CCC(CC)(CC)NC(=O)c1cnc(N)cn1. The van der Waals surface area contributed by atoms with E-state index < -0.39 is 0 Å². The van der Waals surface area contributed by atoms with Gasteiger partial charge >= 0.3 is 0 Å². The minimum atomic E-state index is -0.192. The third-order valence-corrected chi connectivity index (χ3v) is 3.31. The van der Waals surface area contributed by atoms with Crippen LogP contribution in [-0.2, 0) is 0 Å². The Bertz CT molecular complexity index is 362. The van der Waals surface area contributed by atoms with E-state index in [4.69, 9.17) is 5.73 Å². The summed E-state index contributed by atoms with van der Waals surface area (Å²) >= 11 is 0. The molecule has 1 aromatic rings. The zero-order chi connectivity index (χ0) is 12.9. The second-order valence-corrected chi connectivity index (χ2v) is 4.12. The van der Waals surface area contributed by atoms with Crippen LogP contribution in [0.3, 0.4) is 0 Å². The highest BCUT2D eigenvalue weighted by Crippen LogP contribution is 2.19. The number of anilines is 1. The molecule has 0 saturated carbocycles. The molecule has 0 radical (unpaired) electrons. The lowest BCUT2D eigenvalue weighted by molar-refractivity contribution is 0.0882. The van der Waals surface area contributed by atoms with Gasteiger partial charge in [0.25, 0.3) is 5.91 Å². The van der Waals surface area contributed by atoms with Crippen molar-refractivity contribution in [1.29, 1.82) is 0 Å². The molecule has 1 amide bonds. The summed E-state index contributed by atoms with van der Waals surface area (Å²) in [6.07, 6.45) is 5.48. The Labute approximate surface area is 102 Å². The van der Waals surface area contributed by atoms with Crippen molar-refractivity contribution >= 4 is 11.7 Å². The first-order valence-corrected chi connectivity index (χ1v) is 5.97. The molecule has 0 fully saturated rings. The lowest BCUT2D eigenvalue weighted by Gasteiger charge is -2.31. The highest BCUT2D eigenvalue weighted by Gasteiger charge is 2.26. The molecule has 0 aliphatic heterocycles. The van der Waals surface area contributed by atoms with Crippen LogP contribution >= 0.6 is 0 Å². The smallest absolute Gasteiger partial charge is 0.271 e. The van der Waals surface area contributed by atoms with Crippen molar-refractivity contribution in [3.05, 3.63) is 18.1 Å². The molecule has 17 heavy (non-hydrogen) atoms. The molecule has 0 bridgehead atoms. The number of rotatable bonds is 5. The largest absolute Gasteiger partial charge is 0.382 e. The van der Waals surface area contributed by atoms with Crippen LogP contribution < -0.4 is 11.1 Å². The van der Waals surface area contributed by atoms with Gasteiger partial charge in [-0.1, -0.05) is 20.8 Å². The van der Waals surface area contributed by atoms with Crippen LogP contribution in [0.15, 0.2) is 12.4 Å². The molecule has 5 heteroatoms. The fourth-order valence-corrected chi connectivity index (χ4v) is 1.78. The van der Waals surface area contributed by atoms with Crippen molar-refractivity contribution in [2.75, 3.05) is 5.73 Å². The Kier molecular flexibility index (Phi) is 4.43. The zero-order valence-electron chi connectivity index (χ0n) is 10.7. The Morgan fingerprint density at radius 2 is 1.82 bits per heavy atom. The molecule has 1 rings (SSSR count). The maximum absolute atomic E-state index is 12.0. The lowest BCUT2D eigenvalue weighted by atomic mass is 9.89. The summed E-state index contributed by atoms with van der Waals surface area (Å²) in [5.41, 5.74) is 5.58. The molecule has 0 aliphatic rings. The summed E-state index contributed by atoms with van der Waals surface area (Å²) in [4.78, 5) is 19.8. The van der Waals surface area contributed by atoms with Gasteiger partial charge in [0, 0.05) is 5.54 Å². The fraction of sp³-hybridized carbons (Fsp3) is 0.583. The van der Waals surface area contributed by atoms with E-state index in [1.807, 2.05) is 0 Å². The number of amides is 1. The predicted octanol–water partition coefficient (Wildman–Crippen LogP) is 1.76. The molecule has 5 nitrogen and oxygen atoms in total. The number of aromatic nitrogens is 2. The normalized spacial score (nSPS) is 11.2. The van der Waals surface area contributed by atoms with Crippen LogP contribution in [0.1, 0.15) is 50.5 Å². The Morgan fingerprint density at radius 1 is 1.24 bits per heavy atom. The third kappa shape index (κ3) is 3.15. The first kappa shape index (κ1) is 13.4. The van der Waals surface area contributed by atoms with E-state index in [1.165, 1.54) is 12.4 Å². The number of nitrogen functional groups attached to an aromatic ring is 1. The van der Waals surface area contributed by atoms with Crippen molar-refractivity contribution in [3.63, 3.8) is 0 Å². The van der Waals surface area contributed by atoms with Crippen LogP contribution in [0.5, 0.6) is 0 Å². The topological polar surface area (TPSA) is 80.9 Å². The molecule has 0 aliphatic carbocycles. The van der Waals surface area contributed by atoms with Gasteiger partial charge in [-0.3, -0.25) is 4.79 Å². The van der Waals surface area contributed by atoms with E-state index >= 15 is 0 Å². The summed E-state index contributed by atoms with van der Waals surface area (Å²) in [6.45, 7) is 6.21. The number of carbonyl (C=O) groups excluding carboxylic acids is 1. The van der Waals surface area contributed by atoms with Gasteiger partial charge in [0.05, 0.1) is 12.4 Å². The summed E-state index contributed by atoms with van der Waals surface area (Å²) < 4.78 is 0. The van der Waals surface area contributed by atoms with E-state index in [-0.39, 0.29) is 11.4 Å². The average molecular weight is 236 g/mol. The number of nitrogens with one attached hydrogen (secondary N) is 1. The molecule has 1 heterocycles. The highest BCUT2D eigenvalue weighted by atomic mass is 16.2. The van der Waals surface area contributed by atoms with Crippen molar-refractivity contribution in [2.24, 2.45) is 0 Å². The van der Waals surface area contributed by atoms with E-state index in [2.05, 4.69) is 36.1 Å². The number of nitrogens with two attached hydrogens (primary N) is 1. The molecule has 1 aromatic heterocycles. The second-order valence-electron chi connectivity index (χ2n) is 4.12. The van der Waals surface area contributed by atoms with E-state index in [0.29, 0.717) is 11.5 Å². The summed E-state index contributed by atoms with van der Waals surface area (Å²) in [6, 6.07) is 0. The minimum absolute atomic E-state index is 0.153. The molecular formula is C12H20N4O. The summed E-state index contributed by atoms with van der Waals surface area (Å²) in [5.74, 6) is 0.123. The Balaban J connectivity index is 2.81. The van der Waals surface area contributed by atoms with E-state index in [9.17, 15) is 4.79 Å². The fourth-order valence-electron chi connectivity index (χ4n) is 1.78. The average Bonchev–Trinajstić information content (AvgIpc) is 2.37. The number of nitrogens with zero attached hydrogens (tertiary/aromatic N) is 2. The molecular weight excluding hydrogens is 216 g/mol. The van der Waals surface area contributed by atoms with E-state index in [1.54, 1.807) is 0 Å². The van der Waals surface area contributed by atoms with Crippen LogP contribution in [0.25, 0.3) is 0 Å². The lowest BCUT2D eigenvalue weighted by Crippen LogP contribution is -2.47. The number of hydrogen-bond donors (Lipinski definition) is 2. The molecule has 0 aromatic carbocycles. The third-order valence-electron chi connectivity index (χ3n) is 3.31. The number of carbonyl (C=O) groups is 1. The van der Waals surface area contributed by atoms with Gasteiger partial charge in [-0.15, -0.1) is 0 Å². The summed E-state index contributed by atoms with van der Waals surface area (Å²) in [7, 11) is 0. The maximum Gasteiger partial charge on any atom is 0.271 e. The van der Waals surface area contributed by atoms with Crippen molar-refractivity contribution in [2.45, 2.75) is 45.6 Å². The van der Waals surface area contributed by atoms with Gasteiger partial charge in [0.1, 0.15) is 11.5 Å². The first-order valence-electron chi connectivity index (χ1n) is 5.97. The van der Waals surface area contributed by atoms with Gasteiger partial charge in [0.2, 0.25) is 0 Å². The van der Waals surface area contributed by atoms with Crippen LogP contribution in [0, 0.1) is 0 Å². The quantitative estimate of drug-likeness (QED) is 0.816. The molecule has 0 saturated heterocycles. The van der Waals surface area contributed by atoms with Crippen molar-refractivity contribution in [1.82, 2.24) is 15.3 Å². The molecule has 0 atom stereocenters. The molecule has 0 unspecified atom stereocenters.